The van der Waals surface area contributed by atoms with E-state index in [-0.39, 0.29) is 17.9 Å². The quantitative estimate of drug-likeness (QED) is 0.706. The van der Waals surface area contributed by atoms with Gasteiger partial charge in [0.1, 0.15) is 0 Å². The van der Waals surface area contributed by atoms with Crippen molar-refractivity contribution in [2.24, 2.45) is 0 Å². The Morgan fingerprint density at radius 2 is 1.73 bits per heavy atom. The lowest BCUT2D eigenvalue weighted by molar-refractivity contribution is -0.126. The molecule has 1 aliphatic rings. The second-order valence-corrected chi connectivity index (χ2v) is 7.62. The van der Waals surface area contributed by atoms with Crippen LogP contribution in [0.1, 0.15) is 41.4 Å². The van der Waals surface area contributed by atoms with Gasteiger partial charge < -0.3 is 10.1 Å². The van der Waals surface area contributed by atoms with Crippen LogP contribution < -0.4 is 5.32 Å². The number of nitrogens with zero attached hydrogens (tertiary/aromatic N) is 3. The van der Waals surface area contributed by atoms with Crippen LogP contribution in [0.2, 0.25) is 0 Å². The van der Waals surface area contributed by atoms with Crippen LogP contribution in [0.3, 0.4) is 0 Å². The van der Waals surface area contributed by atoms with Gasteiger partial charge in [-0.3, -0.25) is 19.6 Å². The van der Waals surface area contributed by atoms with Crippen molar-refractivity contribution in [2.45, 2.75) is 32.5 Å². The first-order valence-corrected chi connectivity index (χ1v) is 10.3. The van der Waals surface area contributed by atoms with E-state index >= 15 is 0 Å². The van der Waals surface area contributed by atoms with E-state index in [0.29, 0.717) is 18.2 Å². The average Bonchev–Trinajstić information content (AvgIpc) is 2.82. The number of rotatable bonds is 7. The molecular weight excluding hydrogens is 380 g/mol. The summed E-state index contributed by atoms with van der Waals surface area (Å²) < 4.78 is 4.70. The van der Waals surface area contributed by atoms with E-state index in [9.17, 15) is 9.59 Å². The third-order valence-corrected chi connectivity index (χ3v) is 5.83. The topological polar surface area (TPSA) is 74.8 Å². The highest BCUT2D eigenvalue weighted by molar-refractivity contribution is 5.89. The van der Waals surface area contributed by atoms with Crippen LogP contribution in [0.15, 0.2) is 48.8 Å². The molecule has 0 spiro atoms. The fourth-order valence-electron chi connectivity index (χ4n) is 3.73. The molecule has 30 heavy (non-hydrogen) atoms. The minimum Gasteiger partial charge on any atom is -0.465 e. The Balaban J connectivity index is 1.46. The molecule has 2 atom stereocenters. The molecule has 1 saturated heterocycles. The summed E-state index contributed by atoms with van der Waals surface area (Å²) in [5.74, 6) is -0.350. The van der Waals surface area contributed by atoms with Gasteiger partial charge in [-0.1, -0.05) is 18.2 Å². The van der Waals surface area contributed by atoms with Gasteiger partial charge in [0, 0.05) is 51.2 Å². The van der Waals surface area contributed by atoms with Crippen molar-refractivity contribution >= 4 is 11.9 Å². The number of carbonyl (C=O) groups excluding carboxylic acids is 2. The second-order valence-electron chi connectivity index (χ2n) is 7.62. The molecule has 3 rings (SSSR count). The standard InChI is InChI=1S/C23H30N4O3/c1-17(21-5-4-10-24-16-21)26-11-13-27(14-12-26)18(2)22(28)25-15-19-6-8-20(9-7-19)23(29)30-3/h4-10,16-18H,11-15H2,1-3H3,(H,25,28). The number of nitrogens with one attached hydrogen (secondary N) is 1. The number of aromatic nitrogens is 1. The molecule has 160 valence electrons. The van der Waals surface area contributed by atoms with Crippen LogP contribution in [-0.4, -0.2) is 66.0 Å². The molecule has 1 N–H and O–H groups in total. The van der Waals surface area contributed by atoms with Gasteiger partial charge in [-0.25, -0.2) is 4.79 Å². The van der Waals surface area contributed by atoms with Gasteiger partial charge in [0.15, 0.2) is 0 Å². The minimum absolute atomic E-state index is 0.0146. The van der Waals surface area contributed by atoms with Gasteiger partial charge >= 0.3 is 5.97 Å². The van der Waals surface area contributed by atoms with E-state index in [0.717, 1.165) is 31.7 Å². The van der Waals surface area contributed by atoms with Gasteiger partial charge in [-0.05, 0) is 43.2 Å². The minimum atomic E-state index is -0.365. The number of hydrogen-bond acceptors (Lipinski definition) is 6. The second kappa shape index (κ2) is 10.3. The van der Waals surface area contributed by atoms with E-state index in [4.69, 9.17) is 4.74 Å². The molecule has 2 aromatic rings. The normalized spacial score (nSPS) is 17.2. The summed E-state index contributed by atoms with van der Waals surface area (Å²) in [6.07, 6.45) is 3.72. The van der Waals surface area contributed by atoms with E-state index < -0.39 is 0 Å². The molecular formula is C23H30N4O3. The summed E-state index contributed by atoms with van der Waals surface area (Å²) in [6.45, 7) is 8.14. The molecule has 0 bridgehead atoms. The van der Waals surface area contributed by atoms with Crippen LogP contribution in [0.4, 0.5) is 0 Å². The largest absolute Gasteiger partial charge is 0.465 e. The van der Waals surface area contributed by atoms with Crippen molar-refractivity contribution in [3.05, 3.63) is 65.5 Å². The Kier molecular flexibility index (Phi) is 7.54. The van der Waals surface area contributed by atoms with Gasteiger partial charge in [0.2, 0.25) is 5.91 Å². The fourth-order valence-corrected chi connectivity index (χ4v) is 3.73. The Hall–Kier alpha value is -2.77. The SMILES string of the molecule is COC(=O)c1ccc(CNC(=O)C(C)N2CCN(C(C)c3cccnc3)CC2)cc1. The highest BCUT2D eigenvalue weighted by atomic mass is 16.5. The summed E-state index contributed by atoms with van der Waals surface area (Å²) in [4.78, 5) is 33.0. The zero-order valence-corrected chi connectivity index (χ0v) is 17.9. The molecule has 1 amide bonds. The maximum absolute atomic E-state index is 12.6. The average molecular weight is 411 g/mol. The van der Waals surface area contributed by atoms with Gasteiger partial charge in [0.05, 0.1) is 18.7 Å². The van der Waals surface area contributed by atoms with Crippen molar-refractivity contribution in [3.8, 4) is 0 Å². The lowest BCUT2D eigenvalue weighted by Crippen LogP contribution is -2.54. The van der Waals surface area contributed by atoms with Crippen LogP contribution in [0.5, 0.6) is 0 Å². The zero-order chi connectivity index (χ0) is 21.5. The maximum Gasteiger partial charge on any atom is 0.337 e. The monoisotopic (exact) mass is 410 g/mol. The number of carbonyl (C=O) groups is 2. The number of amides is 1. The summed E-state index contributed by atoms with van der Waals surface area (Å²) >= 11 is 0. The molecule has 0 aliphatic carbocycles. The van der Waals surface area contributed by atoms with Gasteiger partial charge in [-0.15, -0.1) is 0 Å². The Morgan fingerprint density at radius 3 is 2.33 bits per heavy atom. The van der Waals surface area contributed by atoms with Crippen molar-refractivity contribution in [3.63, 3.8) is 0 Å². The van der Waals surface area contributed by atoms with Crippen molar-refractivity contribution in [1.29, 1.82) is 0 Å². The molecule has 2 heterocycles. The Bertz CT molecular complexity index is 833. The molecule has 1 aliphatic heterocycles. The predicted octanol–water partition coefficient (Wildman–Crippen LogP) is 2.25. The van der Waals surface area contributed by atoms with E-state index in [1.54, 1.807) is 18.3 Å². The Labute approximate surface area is 178 Å². The van der Waals surface area contributed by atoms with Crippen LogP contribution in [0.25, 0.3) is 0 Å². The third kappa shape index (κ3) is 5.43. The van der Waals surface area contributed by atoms with Crippen LogP contribution >= 0.6 is 0 Å². The molecule has 0 saturated carbocycles. The third-order valence-electron chi connectivity index (χ3n) is 5.83. The van der Waals surface area contributed by atoms with Crippen molar-refractivity contribution in [1.82, 2.24) is 20.1 Å². The molecule has 1 aromatic heterocycles. The first-order valence-electron chi connectivity index (χ1n) is 10.3. The Morgan fingerprint density at radius 1 is 1.07 bits per heavy atom. The zero-order valence-electron chi connectivity index (χ0n) is 17.9. The number of piperazine rings is 1. The number of pyridine rings is 1. The summed E-state index contributed by atoms with van der Waals surface area (Å²) in [7, 11) is 1.36. The maximum atomic E-state index is 12.6. The van der Waals surface area contributed by atoms with Crippen LogP contribution in [0, 0.1) is 0 Å². The van der Waals surface area contributed by atoms with E-state index in [1.165, 1.54) is 12.7 Å². The van der Waals surface area contributed by atoms with Crippen molar-refractivity contribution in [2.75, 3.05) is 33.3 Å². The molecule has 1 aromatic carbocycles. The number of esters is 1. The lowest BCUT2D eigenvalue weighted by atomic mass is 10.1. The predicted molar refractivity (Wildman–Crippen MR) is 115 cm³/mol. The highest BCUT2D eigenvalue weighted by Gasteiger charge is 2.27. The summed E-state index contributed by atoms with van der Waals surface area (Å²) in [6, 6.07) is 11.3. The summed E-state index contributed by atoms with van der Waals surface area (Å²) in [5, 5.41) is 3.00. The molecule has 7 nitrogen and oxygen atoms in total. The smallest absolute Gasteiger partial charge is 0.337 e. The highest BCUT2D eigenvalue weighted by Crippen LogP contribution is 2.21. The number of ether oxygens (including phenoxy) is 1. The molecule has 1 fully saturated rings. The molecule has 0 radical (unpaired) electrons. The van der Waals surface area contributed by atoms with Gasteiger partial charge in [-0.2, -0.15) is 0 Å². The number of methoxy groups -OCH3 is 1. The number of benzene rings is 1. The number of hydrogen-bond donors (Lipinski definition) is 1. The molecule has 7 heteroatoms. The van der Waals surface area contributed by atoms with Crippen molar-refractivity contribution < 1.29 is 14.3 Å². The van der Waals surface area contributed by atoms with Crippen LogP contribution in [-0.2, 0) is 16.1 Å². The lowest BCUT2D eigenvalue weighted by Gasteiger charge is -2.40. The van der Waals surface area contributed by atoms with E-state index in [1.807, 2.05) is 31.3 Å². The fraction of sp³-hybridized carbons (Fsp3) is 0.435. The van der Waals surface area contributed by atoms with E-state index in [2.05, 4.69) is 33.1 Å². The first kappa shape index (κ1) is 21.9. The summed E-state index contributed by atoms with van der Waals surface area (Å²) in [5.41, 5.74) is 2.66. The molecule has 2 unspecified atom stereocenters. The van der Waals surface area contributed by atoms with Gasteiger partial charge in [0.25, 0.3) is 0 Å². The first-order chi connectivity index (χ1) is 14.5.